The first-order chi connectivity index (χ1) is 15.3. The van der Waals surface area contributed by atoms with E-state index >= 15 is 0 Å². The Labute approximate surface area is 191 Å². The summed E-state index contributed by atoms with van der Waals surface area (Å²) in [4.78, 5) is 4.09. The number of nitrogens with zero attached hydrogens (tertiary/aromatic N) is 2. The van der Waals surface area contributed by atoms with Crippen LogP contribution in [-0.4, -0.2) is 16.2 Å². The van der Waals surface area contributed by atoms with Crippen molar-refractivity contribution in [3.63, 3.8) is 0 Å². The van der Waals surface area contributed by atoms with Crippen molar-refractivity contribution in [1.29, 1.82) is 0 Å². The first kappa shape index (κ1) is 23.3. The van der Waals surface area contributed by atoms with Gasteiger partial charge in [-0.1, -0.05) is 98.3 Å². The van der Waals surface area contributed by atoms with Gasteiger partial charge in [0.2, 0.25) is 0 Å². The van der Waals surface area contributed by atoms with Crippen molar-refractivity contribution in [2.45, 2.75) is 57.6 Å². The van der Waals surface area contributed by atoms with Crippen LogP contribution in [-0.2, 0) is 11.3 Å². The highest BCUT2D eigenvalue weighted by Crippen LogP contribution is 2.26. The van der Waals surface area contributed by atoms with Gasteiger partial charge in [0.25, 0.3) is 0 Å². The molecule has 0 aliphatic heterocycles. The number of imidazole rings is 1. The molecule has 0 saturated heterocycles. The van der Waals surface area contributed by atoms with Crippen LogP contribution in [0.15, 0.2) is 79.4 Å². The standard InChI is InChI=1S/C27H33ClN2O/c28-26-17-15-25(16-18-26)27(31-22-10-13-24-11-6-5-7-12-24)14-8-3-1-2-4-9-20-30-21-19-29-23-30/h5-7,10-13,15-19,21,23,27H,1-4,8-9,14,20,22H2/b13-10+. The Morgan fingerprint density at radius 2 is 1.65 bits per heavy atom. The van der Waals surface area contributed by atoms with Crippen LogP contribution in [0.5, 0.6) is 0 Å². The number of rotatable bonds is 14. The van der Waals surface area contributed by atoms with E-state index in [1.165, 1.54) is 49.7 Å². The van der Waals surface area contributed by atoms with Crippen molar-refractivity contribution < 1.29 is 4.74 Å². The van der Waals surface area contributed by atoms with Crippen LogP contribution in [0, 0.1) is 0 Å². The molecule has 3 rings (SSSR count). The normalized spacial score (nSPS) is 12.4. The van der Waals surface area contributed by atoms with E-state index in [1.807, 2.05) is 36.9 Å². The highest BCUT2D eigenvalue weighted by atomic mass is 35.5. The van der Waals surface area contributed by atoms with E-state index < -0.39 is 0 Å². The average Bonchev–Trinajstić information content (AvgIpc) is 3.32. The number of aryl methyl sites for hydroxylation is 1. The molecule has 0 bridgehead atoms. The zero-order valence-electron chi connectivity index (χ0n) is 18.2. The van der Waals surface area contributed by atoms with Crippen LogP contribution < -0.4 is 0 Å². The van der Waals surface area contributed by atoms with E-state index in [0.717, 1.165) is 18.0 Å². The number of benzene rings is 2. The lowest BCUT2D eigenvalue weighted by atomic mass is 10.0. The van der Waals surface area contributed by atoms with Gasteiger partial charge in [0.15, 0.2) is 0 Å². The van der Waals surface area contributed by atoms with E-state index in [-0.39, 0.29) is 6.10 Å². The molecule has 0 N–H and O–H groups in total. The van der Waals surface area contributed by atoms with Crippen molar-refractivity contribution in [3.05, 3.63) is 95.5 Å². The fourth-order valence-corrected chi connectivity index (χ4v) is 3.82. The van der Waals surface area contributed by atoms with Crippen LogP contribution in [0.25, 0.3) is 6.08 Å². The summed E-state index contributed by atoms with van der Waals surface area (Å²) >= 11 is 6.07. The van der Waals surface area contributed by atoms with Crippen LogP contribution in [0.3, 0.4) is 0 Å². The molecule has 0 amide bonds. The van der Waals surface area contributed by atoms with Crippen molar-refractivity contribution in [1.82, 2.24) is 9.55 Å². The van der Waals surface area contributed by atoms with Gasteiger partial charge in [0, 0.05) is 24.0 Å². The van der Waals surface area contributed by atoms with Gasteiger partial charge in [-0.25, -0.2) is 4.98 Å². The molecule has 3 aromatic rings. The van der Waals surface area contributed by atoms with Gasteiger partial charge in [-0.05, 0) is 36.1 Å². The van der Waals surface area contributed by atoms with Crippen molar-refractivity contribution in [2.24, 2.45) is 0 Å². The van der Waals surface area contributed by atoms with Gasteiger partial charge in [-0.2, -0.15) is 0 Å². The van der Waals surface area contributed by atoms with Crippen LogP contribution in [0.1, 0.15) is 62.2 Å². The van der Waals surface area contributed by atoms with Crippen molar-refractivity contribution in [2.75, 3.05) is 6.61 Å². The smallest absolute Gasteiger partial charge is 0.0945 e. The minimum Gasteiger partial charge on any atom is -0.369 e. The molecule has 31 heavy (non-hydrogen) atoms. The van der Waals surface area contributed by atoms with Gasteiger partial charge >= 0.3 is 0 Å². The highest BCUT2D eigenvalue weighted by Gasteiger charge is 2.11. The number of hydrogen-bond donors (Lipinski definition) is 0. The minimum atomic E-state index is 0.110. The lowest BCUT2D eigenvalue weighted by Gasteiger charge is -2.18. The summed E-state index contributed by atoms with van der Waals surface area (Å²) in [6.45, 7) is 1.68. The van der Waals surface area contributed by atoms with E-state index in [0.29, 0.717) is 6.61 Å². The summed E-state index contributed by atoms with van der Waals surface area (Å²) in [5.41, 5.74) is 2.40. The van der Waals surface area contributed by atoms with Gasteiger partial charge in [-0.3, -0.25) is 0 Å². The number of unbranched alkanes of at least 4 members (excludes halogenated alkanes) is 5. The summed E-state index contributed by atoms with van der Waals surface area (Å²) in [6.07, 6.45) is 18.6. The quantitative estimate of drug-likeness (QED) is 0.241. The monoisotopic (exact) mass is 436 g/mol. The van der Waals surface area contributed by atoms with Gasteiger partial charge < -0.3 is 9.30 Å². The number of halogens is 1. The molecule has 4 heteroatoms. The molecule has 1 unspecified atom stereocenters. The SMILES string of the molecule is Clc1ccc(C(CCCCCCCCn2ccnc2)OC/C=C/c2ccccc2)cc1. The Morgan fingerprint density at radius 1 is 0.903 bits per heavy atom. The molecule has 3 nitrogen and oxygen atoms in total. The Hall–Kier alpha value is -2.36. The molecule has 0 aliphatic rings. The van der Waals surface area contributed by atoms with Gasteiger partial charge in [-0.15, -0.1) is 0 Å². The molecule has 2 aromatic carbocycles. The van der Waals surface area contributed by atoms with E-state index in [1.54, 1.807) is 0 Å². The zero-order valence-corrected chi connectivity index (χ0v) is 19.0. The van der Waals surface area contributed by atoms with Crippen LogP contribution >= 0.6 is 11.6 Å². The number of hydrogen-bond acceptors (Lipinski definition) is 2. The summed E-state index contributed by atoms with van der Waals surface area (Å²) in [5.74, 6) is 0. The minimum absolute atomic E-state index is 0.110. The summed E-state index contributed by atoms with van der Waals surface area (Å²) < 4.78 is 8.39. The maximum absolute atomic E-state index is 6.24. The number of aromatic nitrogens is 2. The molecule has 0 spiro atoms. The Balaban J connectivity index is 1.37. The molecular weight excluding hydrogens is 404 g/mol. The third-order valence-corrected chi connectivity index (χ3v) is 5.69. The van der Waals surface area contributed by atoms with E-state index in [9.17, 15) is 0 Å². The second-order valence-electron chi connectivity index (χ2n) is 7.90. The lowest BCUT2D eigenvalue weighted by molar-refractivity contribution is 0.0655. The predicted octanol–water partition coefficient (Wildman–Crippen LogP) is 7.74. The first-order valence-corrected chi connectivity index (χ1v) is 11.7. The Morgan fingerprint density at radius 3 is 2.39 bits per heavy atom. The van der Waals surface area contributed by atoms with Gasteiger partial charge in [0.1, 0.15) is 0 Å². The summed E-state index contributed by atoms with van der Waals surface area (Å²) in [7, 11) is 0. The molecule has 0 fully saturated rings. The Kier molecular flexibility index (Phi) is 10.4. The molecular formula is C27H33ClN2O. The maximum atomic E-state index is 6.24. The third-order valence-electron chi connectivity index (χ3n) is 5.44. The molecule has 0 radical (unpaired) electrons. The van der Waals surface area contributed by atoms with Crippen LogP contribution in [0.2, 0.25) is 5.02 Å². The molecule has 164 valence electrons. The van der Waals surface area contributed by atoms with Crippen molar-refractivity contribution in [3.8, 4) is 0 Å². The largest absolute Gasteiger partial charge is 0.369 e. The first-order valence-electron chi connectivity index (χ1n) is 11.4. The third kappa shape index (κ3) is 9.12. The second kappa shape index (κ2) is 13.8. The zero-order chi connectivity index (χ0) is 21.6. The lowest BCUT2D eigenvalue weighted by Crippen LogP contribution is -2.05. The van der Waals surface area contributed by atoms with Crippen molar-refractivity contribution >= 4 is 17.7 Å². The predicted molar refractivity (Wildman–Crippen MR) is 130 cm³/mol. The average molecular weight is 437 g/mol. The molecule has 1 atom stereocenters. The maximum Gasteiger partial charge on any atom is 0.0945 e. The van der Waals surface area contributed by atoms with E-state index in [2.05, 4.69) is 58.1 Å². The fraction of sp³-hybridized carbons (Fsp3) is 0.370. The number of ether oxygens (including phenoxy) is 1. The topological polar surface area (TPSA) is 27.1 Å². The summed E-state index contributed by atoms with van der Waals surface area (Å²) in [6, 6.07) is 18.4. The highest BCUT2D eigenvalue weighted by molar-refractivity contribution is 6.30. The molecule has 1 heterocycles. The second-order valence-corrected chi connectivity index (χ2v) is 8.33. The van der Waals surface area contributed by atoms with Crippen LogP contribution in [0.4, 0.5) is 0 Å². The van der Waals surface area contributed by atoms with E-state index in [4.69, 9.17) is 16.3 Å². The molecule has 0 aliphatic carbocycles. The molecule has 1 aromatic heterocycles. The Bertz CT molecular complexity index is 860. The fourth-order valence-electron chi connectivity index (χ4n) is 3.69. The summed E-state index contributed by atoms with van der Waals surface area (Å²) in [5, 5.41) is 0.766. The van der Waals surface area contributed by atoms with Gasteiger partial charge in [0.05, 0.1) is 19.0 Å². The molecule has 0 saturated carbocycles.